The van der Waals surface area contributed by atoms with Crippen LogP contribution in [0.4, 0.5) is 0 Å². The predicted molar refractivity (Wildman–Crippen MR) is 137 cm³/mol. The maximum Gasteiger partial charge on any atom is 0.311 e. The van der Waals surface area contributed by atoms with Gasteiger partial charge in [-0.05, 0) is 12.8 Å². The quantitative estimate of drug-likeness (QED) is 0.176. The fourth-order valence-corrected chi connectivity index (χ4v) is 2.29. The summed E-state index contributed by atoms with van der Waals surface area (Å²) >= 11 is 0. The predicted octanol–water partition coefficient (Wildman–Crippen LogP) is 7.59. The van der Waals surface area contributed by atoms with Crippen LogP contribution < -0.4 is 0 Å². The molecule has 178 valence electrons. The first-order valence-electron chi connectivity index (χ1n) is 11.0. The second kappa shape index (κ2) is 19.3. The molecule has 0 bridgehead atoms. The molecule has 1 atom stereocenters. The number of benzene rings is 1. The van der Waals surface area contributed by atoms with Gasteiger partial charge in [0.15, 0.2) is 0 Å². The molecule has 4 heteroatoms. The molecule has 1 aromatic carbocycles. The molecule has 0 aliphatic heterocycles. The molecule has 1 aromatic rings. The zero-order valence-corrected chi connectivity index (χ0v) is 19.2. The van der Waals surface area contributed by atoms with Crippen LogP contribution in [-0.2, 0) is 19.1 Å². The SMILES string of the molecule is C.CC/C=C/C=C/C=C/C=C/C=C/C=CCCC(=O)OC(OC(=O)C(C)C)c1ccccc1. The van der Waals surface area contributed by atoms with Crippen molar-refractivity contribution < 1.29 is 19.1 Å². The molecule has 1 rings (SSSR count). The third-order valence-corrected chi connectivity index (χ3v) is 4.03. The first kappa shape index (κ1) is 29.6. The first-order valence-corrected chi connectivity index (χ1v) is 11.0. The molecular weight excluding hydrogens is 412 g/mol. The van der Waals surface area contributed by atoms with Gasteiger partial charge in [-0.25, -0.2) is 0 Å². The molecule has 1 unspecified atom stereocenters. The summed E-state index contributed by atoms with van der Waals surface area (Å²) in [5, 5.41) is 0. The summed E-state index contributed by atoms with van der Waals surface area (Å²) in [6, 6.07) is 8.98. The molecule has 0 spiro atoms. The van der Waals surface area contributed by atoms with Gasteiger partial charge in [-0.1, -0.05) is 131 Å². The third kappa shape index (κ3) is 15.1. The van der Waals surface area contributed by atoms with Gasteiger partial charge in [0, 0.05) is 12.0 Å². The lowest BCUT2D eigenvalue weighted by atomic mass is 10.2. The second-order valence-corrected chi connectivity index (χ2v) is 7.17. The van der Waals surface area contributed by atoms with E-state index in [4.69, 9.17) is 9.47 Å². The van der Waals surface area contributed by atoms with Gasteiger partial charge < -0.3 is 9.47 Å². The Morgan fingerprint density at radius 1 is 0.788 bits per heavy atom. The Bertz CT molecular complexity index is 840. The summed E-state index contributed by atoms with van der Waals surface area (Å²) in [5.74, 6) is -1.14. The lowest BCUT2D eigenvalue weighted by Crippen LogP contribution is -2.20. The van der Waals surface area contributed by atoms with Crippen LogP contribution in [-0.4, -0.2) is 11.9 Å². The van der Waals surface area contributed by atoms with E-state index in [1.54, 1.807) is 38.1 Å². The average Bonchev–Trinajstić information content (AvgIpc) is 2.79. The van der Waals surface area contributed by atoms with Crippen molar-refractivity contribution in [2.45, 2.75) is 53.8 Å². The summed E-state index contributed by atoms with van der Waals surface area (Å²) in [6.45, 7) is 5.57. The maximum absolute atomic E-state index is 12.2. The molecule has 0 N–H and O–H groups in total. The Hall–Kier alpha value is -3.40. The number of hydrogen-bond donors (Lipinski definition) is 0. The number of rotatable bonds is 13. The highest BCUT2D eigenvalue weighted by atomic mass is 16.7. The Kier molecular flexibility index (Phi) is 17.3. The van der Waals surface area contributed by atoms with E-state index in [1.807, 2.05) is 72.9 Å². The van der Waals surface area contributed by atoms with E-state index in [9.17, 15) is 9.59 Å². The molecule has 4 nitrogen and oxygen atoms in total. The number of esters is 2. The lowest BCUT2D eigenvalue weighted by Gasteiger charge is -2.19. The minimum absolute atomic E-state index is 0. The largest absolute Gasteiger partial charge is 0.421 e. The van der Waals surface area contributed by atoms with Crippen molar-refractivity contribution in [2.24, 2.45) is 5.92 Å². The molecule has 33 heavy (non-hydrogen) atoms. The molecule has 0 fully saturated rings. The Morgan fingerprint density at radius 3 is 1.82 bits per heavy atom. The highest BCUT2D eigenvalue weighted by molar-refractivity contribution is 5.73. The summed E-state index contributed by atoms with van der Waals surface area (Å²) in [4.78, 5) is 24.2. The Balaban J connectivity index is 0.0000102. The Morgan fingerprint density at radius 2 is 1.30 bits per heavy atom. The summed E-state index contributed by atoms with van der Waals surface area (Å²) in [5.41, 5.74) is 0.627. The van der Waals surface area contributed by atoms with E-state index >= 15 is 0 Å². The number of hydrogen-bond acceptors (Lipinski definition) is 4. The maximum atomic E-state index is 12.2. The standard InChI is InChI=1S/C28H34O4.CH4/c1-4-5-6-7-8-9-10-11-12-13-14-15-16-20-23-26(29)31-28(32-27(30)24(2)3)25-21-18-17-19-22-25;/h5-19,21-22,24,28H,4,20,23H2,1-3H3;1H4/b6-5+,8-7+,10-9+,12-11+,14-13+,16-15?;. The fraction of sp³-hybridized carbons (Fsp3) is 0.310. The van der Waals surface area contributed by atoms with Crippen molar-refractivity contribution in [2.75, 3.05) is 0 Å². The van der Waals surface area contributed by atoms with Crippen molar-refractivity contribution >= 4 is 11.9 Å². The second-order valence-electron chi connectivity index (χ2n) is 7.17. The van der Waals surface area contributed by atoms with Gasteiger partial charge in [0.2, 0.25) is 0 Å². The molecular formula is C29H38O4. The summed E-state index contributed by atoms with van der Waals surface area (Å²) in [7, 11) is 0. The van der Waals surface area contributed by atoms with E-state index in [1.165, 1.54) is 0 Å². The smallest absolute Gasteiger partial charge is 0.311 e. The number of ether oxygens (including phenoxy) is 2. The normalized spacial score (nSPS) is 13.1. The molecule has 0 amide bonds. The molecule has 0 aromatic heterocycles. The van der Waals surface area contributed by atoms with Crippen LogP contribution in [0, 0.1) is 5.92 Å². The molecule has 0 saturated carbocycles. The van der Waals surface area contributed by atoms with E-state index in [2.05, 4.69) is 13.0 Å². The third-order valence-electron chi connectivity index (χ3n) is 4.03. The zero-order chi connectivity index (χ0) is 23.4. The summed E-state index contributed by atoms with van der Waals surface area (Å²) < 4.78 is 10.8. The van der Waals surface area contributed by atoms with Crippen LogP contribution in [0.3, 0.4) is 0 Å². The molecule has 0 aliphatic carbocycles. The van der Waals surface area contributed by atoms with Crippen LogP contribution in [0.2, 0.25) is 0 Å². The van der Waals surface area contributed by atoms with Crippen molar-refractivity contribution in [1.29, 1.82) is 0 Å². The molecule has 0 radical (unpaired) electrons. The fourth-order valence-electron chi connectivity index (χ4n) is 2.29. The van der Waals surface area contributed by atoms with Crippen LogP contribution in [0.15, 0.2) is 103 Å². The van der Waals surface area contributed by atoms with E-state index in [-0.39, 0.29) is 19.8 Å². The first-order chi connectivity index (χ1) is 15.5. The molecule has 0 saturated heterocycles. The van der Waals surface area contributed by atoms with Gasteiger partial charge in [0.25, 0.3) is 6.29 Å². The number of carbonyl (C=O) groups excluding carboxylic acids is 2. The van der Waals surface area contributed by atoms with Crippen LogP contribution in [0.1, 0.15) is 59.3 Å². The minimum atomic E-state index is -1.03. The average molecular weight is 451 g/mol. The molecule has 0 heterocycles. The number of carbonyl (C=O) groups is 2. The lowest BCUT2D eigenvalue weighted by molar-refractivity contribution is -0.192. The monoisotopic (exact) mass is 450 g/mol. The zero-order valence-electron chi connectivity index (χ0n) is 19.2. The highest BCUT2D eigenvalue weighted by Gasteiger charge is 2.22. The topological polar surface area (TPSA) is 52.6 Å². The van der Waals surface area contributed by atoms with Gasteiger partial charge in [0.1, 0.15) is 0 Å². The van der Waals surface area contributed by atoms with Gasteiger partial charge in [-0.2, -0.15) is 0 Å². The van der Waals surface area contributed by atoms with Gasteiger partial charge in [-0.15, -0.1) is 0 Å². The van der Waals surface area contributed by atoms with Gasteiger partial charge in [0.05, 0.1) is 5.92 Å². The van der Waals surface area contributed by atoms with E-state index < -0.39 is 18.2 Å². The minimum Gasteiger partial charge on any atom is -0.421 e. The van der Waals surface area contributed by atoms with Crippen molar-refractivity contribution in [1.82, 2.24) is 0 Å². The van der Waals surface area contributed by atoms with Crippen LogP contribution in [0.5, 0.6) is 0 Å². The van der Waals surface area contributed by atoms with E-state index in [0.29, 0.717) is 12.0 Å². The van der Waals surface area contributed by atoms with Crippen molar-refractivity contribution in [3.63, 3.8) is 0 Å². The Labute approximate surface area is 199 Å². The van der Waals surface area contributed by atoms with Gasteiger partial charge in [-0.3, -0.25) is 9.59 Å². The van der Waals surface area contributed by atoms with Crippen molar-refractivity contribution in [3.05, 3.63) is 109 Å². The van der Waals surface area contributed by atoms with Crippen LogP contribution in [0.25, 0.3) is 0 Å². The van der Waals surface area contributed by atoms with Crippen LogP contribution >= 0.6 is 0 Å². The molecule has 0 aliphatic rings. The van der Waals surface area contributed by atoms with E-state index in [0.717, 1.165) is 6.42 Å². The number of allylic oxidation sites excluding steroid dienone is 12. The van der Waals surface area contributed by atoms with Crippen molar-refractivity contribution in [3.8, 4) is 0 Å². The van der Waals surface area contributed by atoms with Gasteiger partial charge >= 0.3 is 11.9 Å². The summed E-state index contributed by atoms with van der Waals surface area (Å²) in [6.07, 6.45) is 24.2. The highest BCUT2D eigenvalue weighted by Crippen LogP contribution is 2.21.